The highest BCUT2D eigenvalue weighted by Gasteiger charge is 2.13. The summed E-state index contributed by atoms with van der Waals surface area (Å²) in [6.07, 6.45) is 1.69. The standard InChI is InChI=1S/C12H19N3OS2/c1-7-5-8(2)15-12(10(7)11(13)17)14-6-9(3)18(4)16/h5,9H,6H2,1-4H3,(H2,13,17)(H,14,15). The summed E-state index contributed by atoms with van der Waals surface area (Å²) in [4.78, 5) is 4.74. The van der Waals surface area contributed by atoms with Crippen molar-refractivity contribution < 1.29 is 4.21 Å². The number of aryl methyl sites for hydroxylation is 2. The molecule has 3 N–H and O–H groups in total. The predicted octanol–water partition coefficient (Wildman–Crippen LogP) is 1.51. The maximum atomic E-state index is 11.3. The Morgan fingerprint density at radius 3 is 2.72 bits per heavy atom. The number of nitrogens with one attached hydrogen (secondary N) is 1. The van der Waals surface area contributed by atoms with Crippen molar-refractivity contribution in [2.45, 2.75) is 26.0 Å². The summed E-state index contributed by atoms with van der Waals surface area (Å²) >= 11 is 5.05. The molecule has 2 unspecified atom stereocenters. The number of rotatable bonds is 5. The maximum absolute atomic E-state index is 11.3. The number of hydrogen-bond donors (Lipinski definition) is 2. The van der Waals surface area contributed by atoms with Gasteiger partial charge in [-0.25, -0.2) is 4.98 Å². The topological polar surface area (TPSA) is 68.0 Å². The smallest absolute Gasteiger partial charge is 0.136 e. The van der Waals surface area contributed by atoms with E-state index >= 15 is 0 Å². The SMILES string of the molecule is Cc1cc(C)c(C(N)=S)c(NCC(C)S(C)=O)n1. The molecule has 6 heteroatoms. The second kappa shape index (κ2) is 6.24. The van der Waals surface area contributed by atoms with Gasteiger partial charge in [-0.15, -0.1) is 0 Å². The van der Waals surface area contributed by atoms with E-state index in [0.29, 0.717) is 17.4 Å². The van der Waals surface area contributed by atoms with Crippen molar-refractivity contribution in [2.24, 2.45) is 5.73 Å². The summed E-state index contributed by atoms with van der Waals surface area (Å²) < 4.78 is 11.3. The average Bonchev–Trinajstić information content (AvgIpc) is 2.23. The van der Waals surface area contributed by atoms with Crippen LogP contribution in [-0.4, -0.2) is 32.2 Å². The predicted molar refractivity (Wildman–Crippen MR) is 81.6 cm³/mol. The lowest BCUT2D eigenvalue weighted by atomic mass is 10.1. The minimum atomic E-state index is -0.866. The van der Waals surface area contributed by atoms with Gasteiger partial charge in [0.25, 0.3) is 0 Å². The molecule has 0 saturated heterocycles. The summed E-state index contributed by atoms with van der Waals surface area (Å²) in [5, 5.41) is 3.23. The fourth-order valence-electron chi connectivity index (χ4n) is 1.63. The van der Waals surface area contributed by atoms with E-state index in [-0.39, 0.29) is 5.25 Å². The third-order valence-electron chi connectivity index (χ3n) is 2.71. The maximum Gasteiger partial charge on any atom is 0.136 e. The highest BCUT2D eigenvalue weighted by molar-refractivity contribution is 7.84. The summed E-state index contributed by atoms with van der Waals surface area (Å²) in [6, 6.07) is 1.95. The lowest BCUT2D eigenvalue weighted by Crippen LogP contribution is -2.24. The molecule has 0 amide bonds. The van der Waals surface area contributed by atoms with Gasteiger partial charge in [-0.05, 0) is 32.4 Å². The first-order valence-electron chi connectivity index (χ1n) is 5.67. The van der Waals surface area contributed by atoms with Crippen molar-refractivity contribution in [3.8, 4) is 0 Å². The molecule has 2 atom stereocenters. The Morgan fingerprint density at radius 1 is 1.61 bits per heavy atom. The molecule has 1 aromatic heterocycles. The minimum Gasteiger partial charge on any atom is -0.389 e. The molecule has 100 valence electrons. The van der Waals surface area contributed by atoms with E-state index in [1.807, 2.05) is 26.8 Å². The van der Waals surface area contributed by atoms with Crippen LogP contribution >= 0.6 is 12.2 Å². The Morgan fingerprint density at radius 2 is 2.22 bits per heavy atom. The normalized spacial score (nSPS) is 14.0. The first-order valence-corrected chi connectivity index (χ1v) is 7.70. The van der Waals surface area contributed by atoms with Gasteiger partial charge in [0.05, 0.1) is 5.56 Å². The zero-order valence-electron chi connectivity index (χ0n) is 11.1. The molecule has 0 spiro atoms. The highest BCUT2D eigenvalue weighted by atomic mass is 32.2. The molecule has 4 nitrogen and oxygen atoms in total. The molecule has 0 bridgehead atoms. The lowest BCUT2D eigenvalue weighted by Gasteiger charge is -2.15. The minimum absolute atomic E-state index is 0.0480. The second-order valence-corrected chi connectivity index (χ2v) is 6.60. The Labute approximate surface area is 116 Å². The number of nitrogens with zero attached hydrogens (tertiary/aromatic N) is 1. The van der Waals surface area contributed by atoms with E-state index in [9.17, 15) is 4.21 Å². The van der Waals surface area contributed by atoms with Crippen LogP contribution in [0.5, 0.6) is 0 Å². The number of hydrogen-bond acceptors (Lipinski definition) is 4. The molecule has 0 fully saturated rings. The van der Waals surface area contributed by atoms with Crippen molar-refractivity contribution in [3.05, 3.63) is 22.9 Å². The lowest BCUT2D eigenvalue weighted by molar-refractivity contribution is 0.679. The quantitative estimate of drug-likeness (QED) is 0.803. The van der Waals surface area contributed by atoms with Crippen LogP contribution in [-0.2, 0) is 10.8 Å². The van der Waals surface area contributed by atoms with E-state index in [0.717, 1.165) is 16.8 Å². The van der Waals surface area contributed by atoms with Gasteiger partial charge < -0.3 is 11.1 Å². The fraction of sp³-hybridized carbons (Fsp3) is 0.500. The zero-order chi connectivity index (χ0) is 13.9. The number of aromatic nitrogens is 1. The van der Waals surface area contributed by atoms with Crippen LogP contribution in [0.15, 0.2) is 6.07 Å². The molecular weight excluding hydrogens is 266 g/mol. The summed E-state index contributed by atoms with van der Waals surface area (Å²) in [7, 11) is -0.866. The fourth-order valence-corrected chi connectivity index (χ4v) is 2.21. The second-order valence-electron chi connectivity index (χ2n) is 4.36. The Hall–Kier alpha value is -1.01. The summed E-state index contributed by atoms with van der Waals surface area (Å²) in [5.74, 6) is 0.678. The van der Waals surface area contributed by atoms with Gasteiger partial charge in [0.15, 0.2) is 0 Å². The van der Waals surface area contributed by atoms with Gasteiger partial charge in [-0.2, -0.15) is 0 Å². The molecular formula is C12H19N3OS2. The molecule has 0 aliphatic rings. The molecule has 18 heavy (non-hydrogen) atoms. The Bertz CT molecular complexity index is 488. The Balaban J connectivity index is 3.00. The van der Waals surface area contributed by atoms with Crippen LogP contribution in [0, 0.1) is 13.8 Å². The molecule has 1 heterocycles. The third-order valence-corrected chi connectivity index (χ3v) is 4.22. The Kier molecular flexibility index (Phi) is 5.22. The van der Waals surface area contributed by atoms with Gasteiger partial charge in [0.1, 0.15) is 10.8 Å². The average molecular weight is 285 g/mol. The van der Waals surface area contributed by atoms with E-state index < -0.39 is 10.8 Å². The van der Waals surface area contributed by atoms with Gasteiger partial charge in [-0.1, -0.05) is 12.2 Å². The van der Waals surface area contributed by atoms with Gasteiger partial charge in [0.2, 0.25) is 0 Å². The number of pyridine rings is 1. The summed E-state index contributed by atoms with van der Waals surface area (Å²) in [6.45, 7) is 6.37. The molecule has 0 aromatic carbocycles. The van der Waals surface area contributed by atoms with Crippen LogP contribution in [0.4, 0.5) is 5.82 Å². The zero-order valence-corrected chi connectivity index (χ0v) is 12.7. The molecule has 0 saturated carbocycles. The number of thiocarbonyl (C=S) groups is 1. The van der Waals surface area contributed by atoms with Crippen molar-refractivity contribution >= 4 is 33.8 Å². The molecule has 0 aliphatic carbocycles. The molecule has 1 rings (SSSR count). The van der Waals surface area contributed by atoms with Crippen molar-refractivity contribution in [1.29, 1.82) is 0 Å². The first-order chi connectivity index (χ1) is 8.32. The molecule has 0 aliphatic heterocycles. The molecule has 0 radical (unpaired) electrons. The largest absolute Gasteiger partial charge is 0.389 e. The van der Waals surface area contributed by atoms with Crippen LogP contribution in [0.2, 0.25) is 0 Å². The van der Waals surface area contributed by atoms with Crippen molar-refractivity contribution in [1.82, 2.24) is 4.98 Å². The van der Waals surface area contributed by atoms with E-state index in [1.54, 1.807) is 6.26 Å². The van der Waals surface area contributed by atoms with Crippen LogP contribution in [0.1, 0.15) is 23.7 Å². The number of anilines is 1. The van der Waals surface area contributed by atoms with Gasteiger partial charge >= 0.3 is 0 Å². The van der Waals surface area contributed by atoms with Crippen molar-refractivity contribution in [3.63, 3.8) is 0 Å². The monoisotopic (exact) mass is 285 g/mol. The van der Waals surface area contributed by atoms with E-state index in [1.165, 1.54) is 0 Å². The third kappa shape index (κ3) is 3.74. The van der Waals surface area contributed by atoms with E-state index in [2.05, 4.69) is 10.3 Å². The van der Waals surface area contributed by atoms with E-state index in [4.69, 9.17) is 18.0 Å². The molecule has 1 aromatic rings. The van der Waals surface area contributed by atoms with Gasteiger partial charge in [-0.3, -0.25) is 4.21 Å². The van der Waals surface area contributed by atoms with Crippen molar-refractivity contribution in [2.75, 3.05) is 18.1 Å². The van der Waals surface area contributed by atoms with Crippen LogP contribution < -0.4 is 11.1 Å². The van der Waals surface area contributed by atoms with Crippen LogP contribution in [0.25, 0.3) is 0 Å². The van der Waals surface area contributed by atoms with Crippen LogP contribution in [0.3, 0.4) is 0 Å². The number of nitrogens with two attached hydrogens (primary N) is 1. The highest BCUT2D eigenvalue weighted by Crippen LogP contribution is 2.18. The summed E-state index contributed by atoms with van der Waals surface area (Å²) in [5.41, 5.74) is 8.40. The first kappa shape index (κ1) is 15.0. The van der Waals surface area contributed by atoms with Gasteiger partial charge in [0, 0.05) is 34.5 Å².